The summed E-state index contributed by atoms with van der Waals surface area (Å²) in [5, 5.41) is 5.69. The highest BCUT2D eigenvalue weighted by molar-refractivity contribution is 8.00. The van der Waals surface area contributed by atoms with Gasteiger partial charge in [-0.2, -0.15) is 0 Å². The molecule has 1 saturated heterocycles. The molecule has 1 N–H and O–H groups in total. The van der Waals surface area contributed by atoms with Crippen molar-refractivity contribution in [2.45, 2.75) is 23.9 Å². The van der Waals surface area contributed by atoms with Crippen LogP contribution in [0, 0.1) is 0 Å². The predicted octanol–water partition coefficient (Wildman–Crippen LogP) is 7.30. The molecule has 0 unspecified atom stereocenters. The van der Waals surface area contributed by atoms with Gasteiger partial charge in [-0.25, -0.2) is 4.98 Å². The third kappa shape index (κ3) is 6.13. The largest absolute Gasteiger partial charge is 0.469 e. The van der Waals surface area contributed by atoms with Crippen LogP contribution >= 0.6 is 35.3 Å². The Balaban J connectivity index is 1.22. The lowest BCUT2D eigenvalue weighted by Gasteiger charge is -2.50. The standard InChI is InChI=1S/C37H29N3O3S3/c41-30(21-24-13-5-1-6-14-24)39-31-35(42)40-32(37(44)43-33(26-17-9-3-10-18-26)27-19-11-4-12-20-27)28(22-46-36(31)40)34-38-29(23-45-34)25-15-7-2-8-16-25/h1-20,23,31,33,36H,21-22H2,(H,39,41)/t31-,36-/m1/s1. The molecule has 1 aromatic heterocycles. The monoisotopic (exact) mass is 659 g/mol. The predicted molar refractivity (Wildman–Crippen MR) is 188 cm³/mol. The van der Waals surface area contributed by atoms with E-state index in [0.717, 1.165) is 38.5 Å². The van der Waals surface area contributed by atoms with Crippen molar-refractivity contribution < 1.29 is 14.3 Å². The normalized spacial score (nSPS) is 17.3. The number of nitrogens with one attached hydrogen (secondary N) is 1. The number of hydrogen-bond acceptors (Lipinski definition) is 7. The first-order chi connectivity index (χ1) is 22.6. The molecule has 228 valence electrons. The van der Waals surface area contributed by atoms with Crippen LogP contribution in [-0.4, -0.2) is 43.9 Å². The van der Waals surface area contributed by atoms with Crippen LogP contribution in [0.15, 0.2) is 132 Å². The number of benzene rings is 4. The van der Waals surface area contributed by atoms with Crippen LogP contribution in [0.5, 0.6) is 0 Å². The summed E-state index contributed by atoms with van der Waals surface area (Å²) in [5.41, 5.74) is 6.05. The van der Waals surface area contributed by atoms with Crippen LogP contribution in [0.4, 0.5) is 0 Å². The van der Waals surface area contributed by atoms with E-state index < -0.39 is 12.1 Å². The first-order valence-corrected chi connectivity index (χ1v) is 17.2. The molecule has 6 nitrogen and oxygen atoms in total. The van der Waals surface area contributed by atoms with Gasteiger partial charge in [0.1, 0.15) is 28.2 Å². The Morgan fingerprint density at radius 2 is 1.48 bits per heavy atom. The summed E-state index contributed by atoms with van der Waals surface area (Å²) in [6.45, 7) is 0. The average Bonchev–Trinajstić information content (AvgIpc) is 3.61. The second kappa shape index (κ2) is 13.4. The van der Waals surface area contributed by atoms with Gasteiger partial charge in [0.05, 0.1) is 12.1 Å². The lowest BCUT2D eigenvalue weighted by Crippen LogP contribution is -2.70. The molecule has 7 rings (SSSR count). The van der Waals surface area contributed by atoms with Gasteiger partial charge < -0.3 is 10.1 Å². The summed E-state index contributed by atoms with van der Waals surface area (Å²) >= 11 is 9.18. The molecule has 2 atom stereocenters. The molecule has 0 saturated carbocycles. The van der Waals surface area contributed by atoms with Crippen LogP contribution < -0.4 is 5.32 Å². The SMILES string of the molecule is O=C(Cc1ccccc1)N[C@@H]1C(=O)N2C(C(=S)OC(c3ccccc3)c3ccccc3)=C(c3nc(-c4ccccc4)cs3)CS[C@H]12. The Morgan fingerprint density at radius 1 is 0.891 bits per heavy atom. The summed E-state index contributed by atoms with van der Waals surface area (Å²) in [6.07, 6.45) is -0.278. The molecule has 2 aliphatic heterocycles. The number of carbonyl (C=O) groups excluding carboxylic acids is 2. The quantitative estimate of drug-likeness (QED) is 0.132. The first kappa shape index (κ1) is 30.1. The van der Waals surface area contributed by atoms with Crippen LogP contribution in [0.3, 0.4) is 0 Å². The zero-order chi connectivity index (χ0) is 31.5. The minimum Gasteiger partial charge on any atom is -0.469 e. The number of β-lactam (4-membered cyclic amide) rings is 1. The molecule has 0 bridgehead atoms. The number of hydrogen-bond donors (Lipinski definition) is 1. The van der Waals surface area contributed by atoms with Crippen molar-refractivity contribution in [3.63, 3.8) is 0 Å². The van der Waals surface area contributed by atoms with Gasteiger partial charge in [-0.1, -0.05) is 121 Å². The molecule has 1 fully saturated rings. The van der Waals surface area contributed by atoms with E-state index in [2.05, 4.69) is 5.32 Å². The molecular weight excluding hydrogens is 631 g/mol. The average molecular weight is 660 g/mol. The first-order valence-electron chi connectivity index (χ1n) is 14.9. The third-order valence-corrected chi connectivity index (χ3v) is 10.4. The molecule has 0 radical (unpaired) electrons. The van der Waals surface area contributed by atoms with Crippen molar-refractivity contribution in [2.75, 3.05) is 5.75 Å². The van der Waals surface area contributed by atoms with Crippen molar-refractivity contribution >= 4 is 57.8 Å². The van der Waals surface area contributed by atoms with Gasteiger partial charge in [0.15, 0.2) is 0 Å². The van der Waals surface area contributed by atoms with Crippen molar-refractivity contribution in [1.29, 1.82) is 0 Å². The molecule has 0 aliphatic carbocycles. The number of rotatable bonds is 9. The maximum absolute atomic E-state index is 13.9. The summed E-state index contributed by atoms with van der Waals surface area (Å²) in [5.74, 6) is 0.148. The van der Waals surface area contributed by atoms with Gasteiger partial charge in [-0.3, -0.25) is 14.5 Å². The van der Waals surface area contributed by atoms with E-state index in [1.165, 1.54) is 11.3 Å². The van der Waals surface area contributed by atoms with Gasteiger partial charge in [0.25, 0.3) is 5.91 Å². The number of carbonyl (C=O) groups is 2. The van der Waals surface area contributed by atoms with Crippen molar-refractivity contribution in [1.82, 2.24) is 15.2 Å². The van der Waals surface area contributed by atoms with E-state index in [9.17, 15) is 9.59 Å². The molecule has 3 heterocycles. The number of aromatic nitrogens is 1. The van der Waals surface area contributed by atoms with Crippen LogP contribution in [0.2, 0.25) is 0 Å². The lowest BCUT2D eigenvalue weighted by atomic mass is 10.0. The summed E-state index contributed by atoms with van der Waals surface area (Å²) in [4.78, 5) is 33.5. The Morgan fingerprint density at radius 3 is 2.11 bits per heavy atom. The second-order valence-corrected chi connectivity index (χ2v) is 13.3. The second-order valence-electron chi connectivity index (χ2n) is 11.0. The number of thiazole rings is 1. The molecule has 2 amide bonds. The van der Waals surface area contributed by atoms with Crippen molar-refractivity contribution in [3.05, 3.63) is 154 Å². The number of thioether (sulfide) groups is 1. The Kier molecular flexibility index (Phi) is 8.78. The van der Waals surface area contributed by atoms with E-state index in [-0.39, 0.29) is 28.7 Å². The van der Waals surface area contributed by atoms with Gasteiger partial charge in [0.2, 0.25) is 11.0 Å². The zero-order valence-electron chi connectivity index (χ0n) is 24.6. The number of nitrogens with zero attached hydrogens (tertiary/aromatic N) is 2. The number of fused-ring (bicyclic) bond motifs is 1. The minimum atomic E-state index is -0.657. The summed E-state index contributed by atoms with van der Waals surface area (Å²) in [6, 6.07) is 38.7. The molecular formula is C37H29N3O3S3. The Bertz CT molecular complexity index is 1860. The molecule has 2 aliphatic rings. The summed E-state index contributed by atoms with van der Waals surface area (Å²) < 4.78 is 6.66. The minimum absolute atomic E-state index is 0.194. The number of ether oxygens (including phenoxy) is 1. The smallest absolute Gasteiger partial charge is 0.253 e. The molecule has 4 aromatic carbocycles. The van der Waals surface area contributed by atoms with Crippen LogP contribution in [-0.2, 0) is 20.7 Å². The fourth-order valence-corrected chi connectivity index (χ4v) is 8.31. The van der Waals surface area contributed by atoms with Crippen molar-refractivity contribution in [3.8, 4) is 11.3 Å². The highest BCUT2D eigenvalue weighted by Crippen LogP contribution is 2.45. The molecule has 0 spiro atoms. The fourth-order valence-electron chi connectivity index (χ4n) is 5.68. The fraction of sp³-hybridized carbons (Fsp3) is 0.135. The number of thiocarbonyl (C=S) groups is 1. The van der Waals surface area contributed by atoms with E-state index in [4.69, 9.17) is 21.9 Å². The maximum atomic E-state index is 13.9. The molecule has 5 aromatic rings. The summed E-state index contributed by atoms with van der Waals surface area (Å²) in [7, 11) is 0. The zero-order valence-corrected chi connectivity index (χ0v) is 27.1. The highest BCUT2D eigenvalue weighted by atomic mass is 32.2. The third-order valence-electron chi connectivity index (χ3n) is 7.95. The van der Waals surface area contributed by atoms with E-state index in [0.29, 0.717) is 11.4 Å². The van der Waals surface area contributed by atoms with Gasteiger partial charge in [0, 0.05) is 22.3 Å². The maximum Gasteiger partial charge on any atom is 0.253 e. The molecule has 9 heteroatoms. The Hall–Kier alpha value is -4.57. The topological polar surface area (TPSA) is 71.5 Å². The molecule has 46 heavy (non-hydrogen) atoms. The number of amides is 2. The van der Waals surface area contributed by atoms with Crippen molar-refractivity contribution in [2.24, 2.45) is 0 Å². The van der Waals surface area contributed by atoms with Gasteiger partial charge in [-0.15, -0.1) is 23.1 Å². The van der Waals surface area contributed by atoms with E-state index in [1.807, 2.05) is 127 Å². The lowest BCUT2D eigenvalue weighted by molar-refractivity contribution is -0.145. The highest BCUT2D eigenvalue weighted by Gasteiger charge is 2.54. The van der Waals surface area contributed by atoms with Crippen LogP contribution in [0.25, 0.3) is 16.8 Å². The van der Waals surface area contributed by atoms with E-state index >= 15 is 0 Å². The van der Waals surface area contributed by atoms with Gasteiger partial charge >= 0.3 is 0 Å². The van der Waals surface area contributed by atoms with E-state index in [1.54, 1.807) is 16.7 Å². The Labute approximate surface area is 281 Å². The van der Waals surface area contributed by atoms with Gasteiger partial charge in [-0.05, 0) is 28.9 Å². The van der Waals surface area contributed by atoms with Crippen LogP contribution in [0.1, 0.15) is 27.8 Å².